The second-order valence-electron chi connectivity index (χ2n) is 4.79. The molecule has 1 N–H and O–H groups in total. The van der Waals surface area contributed by atoms with E-state index in [9.17, 15) is 0 Å². The van der Waals surface area contributed by atoms with E-state index in [1.54, 1.807) is 0 Å². The van der Waals surface area contributed by atoms with Gasteiger partial charge in [-0.05, 0) is 43.0 Å². The van der Waals surface area contributed by atoms with E-state index >= 15 is 0 Å². The van der Waals surface area contributed by atoms with Crippen LogP contribution in [0.1, 0.15) is 18.4 Å². The quantitative estimate of drug-likeness (QED) is 0.763. The number of nitriles is 1. The number of ether oxygens (including phenoxy) is 2. The van der Waals surface area contributed by atoms with Crippen LogP contribution >= 0.6 is 0 Å². The molecular formula is C15H20N2O2. The molecule has 1 fully saturated rings. The zero-order chi connectivity index (χ0) is 13.3. The summed E-state index contributed by atoms with van der Waals surface area (Å²) in [5.74, 6) is 1.47. The molecule has 102 valence electrons. The zero-order valence-corrected chi connectivity index (χ0v) is 11.1. The summed E-state index contributed by atoms with van der Waals surface area (Å²) >= 11 is 0. The second-order valence-corrected chi connectivity index (χ2v) is 4.79. The van der Waals surface area contributed by atoms with Crippen molar-refractivity contribution >= 4 is 0 Å². The lowest BCUT2D eigenvalue weighted by Crippen LogP contribution is -2.18. The number of nitrogens with zero attached hydrogens (tertiary/aromatic N) is 1. The van der Waals surface area contributed by atoms with Gasteiger partial charge in [-0.25, -0.2) is 0 Å². The highest BCUT2D eigenvalue weighted by Crippen LogP contribution is 2.16. The Labute approximate surface area is 114 Å². The molecule has 0 saturated carbocycles. The van der Waals surface area contributed by atoms with Gasteiger partial charge >= 0.3 is 0 Å². The molecule has 1 saturated heterocycles. The van der Waals surface area contributed by atoms with Crippen molar-refractivity contribution in [1.82, 2.24) is 5.32 Å². The van der Waals surface area contributed by atoms with Crippen LogP contribution in [0.3, 0.4) is 0 Å². The lowest BCUT2D eigenvalue weighted by Gasteiger charge is -2.09. The maximum absolute atomic E-state index is 8.48. The number of hydrogen-bond acceptors (Lipinski definition) is 4. The molecule has 4 heteroatoms. The monoisotopic (exact) mass is 260 g/mol. The number of benzene rings is 1. The first-order chi connectivity index (χ1) is 9.38. The maximum Gasteiger partial charge on any atom is 0.174 e. The average Bonchev–Trinajstić information content (AvgIpc) is 2.95. The Morgan fingerprint density at radius 1 is 1.47 bits per heavy atom. The average molecular weight is 260 g/mol. The van der Waals surface area contributed by atoms with Crippen molar-refractivity contribution in [2.24, 2.45) is 5.92 Å². The van der Waals surface area contributed by atoms with Crippen LogP contribution in [0, 0.1) is 17.2 Å². The first kappa shape index (κ1) is 13.9. The van der Waals surface area contributed by atoms with E-state index in [1.165, 1.54) is 18.4 Å². The molecule has 0 aromatic heterocycles. The highest BCUT2D eigenvalue weighted by Gasteiger charge is 2.14. The van der Waals surface area contributed by atoms with Crippen molar-refractivity contribution in [3.8, 4) is 11.8 Å². The Hall–Kier alpha value is -1.57. The third-order valence-corrected chi connectivity index (χ3v) is 3.28. The minimum Gasteiger partial charge on any atom is -0.479 e. The molecule has 1 aromatic rings. The third kappa shape index (κ3) is 4.90. The first-order valence-electron chi connectivity index (χ1n) is 6.75. The van der Waals surface area contributed by atoms with Crippen molar-refractivity contribution in [1.29, 1.82) is 5.26 Å². The van der Waals surface area contributed by atoms with Gasteiger partial charge in [0.05, 0.1) is 0 Å². The van der Waals surface area contributed by atoms with Gasteiger partial charge in [0, 0.05) is 19.8 Å². The first-order valence-corrected chi connectivity index (χ1v) is 6.75. The summed E-state index contributed by atoms with van der Waals surface area (Å²) < 4.78 is 10.6. The van der Waals surface area contributed by atoms with E-state index in [1.807, 2.05) is 24.3 Å². The zero-order valence-electron chi connectivity index (χ0n) is 11.1. The summed E-state index contributed by atoms with van der Waals surface area (Å²) in [6, 6.07) is 9.83. The summed E-state index contributed by atoms with van der Waals surface area (Å²) in [7, 11) is 0. The van der Waals surface area contributed by atoms with Crippen LogP contribution in [-0.2, 0) is 11.3 Å². The van der Waals surface area contributed by atoms with Gasteiger partial charge in [0.1, 0.15) is 11.8 Å². The molecule has 1 aliphatic rings. The van der Waals surface area contributed by atoms with E-state index in [-0.39, 0.29) is 6.61 Å². The summed E-state index contributed by atoms with van der Waals surface area (Å²) in [6.45, 7) is 3.77. The van der Waals surface area contributed by atoms with E-state index in [2.05, 4.69) is 11.4 Å². The van der Waals surface area contributed by atoms with E-state index in [0.29, 0.717) is 0 Å². The number of hydrogen-bond donors (Lipinski definition) is 1. The normalized spacial score (nSPS) is 18.2. The third-order valence-electron chi connectivity index (χ3n) is 3.28. The minimum atomic E-state index is 0.0958. The molecule has 4 nitrogen and oxygen atoms in total. The number of nitrogens with one attached hydrogen (secondary N) is 1. The van der Waals surface area contributed by atoms with Crippen LogP contribution in [0.4, 0.5) is 0 Å². The van der Waals surface area contributed by atoms with Gasteiger partial charge in [0.2, 0.25) is 0 Å². The number of rotatable bonds is 7. The van der Waals surface area contributed by atoms with Crippen molar-refractivity contribution < 1.29 is 9.47 Å². The second kappa shape index (κ2) is 7.78. The summed E-state index contributed by atoms with van der Waals surface area (Å²) in [4.78, 5) is 0. The summed E-state index contributed by atoms with van der Waals surface area (Å²) in [6.07, 6.45) is 2.36. The fourth-order valence-electron chi connectivity index (χ4n) is 2.21. The lowest BCUT2D eigenvalue weighted by molar-refractivity contribution is 0.184. The predicted molar refractivity (Wildman–Crippen MR) is 72.8 cm³/mol. The standard InChI is InChI=1S/C15H20N2O2/c16-6-9-19-15-3-1-2-14(10-15)11-17-7-4-13-5-8-18-12-13/h1-3,10,13,17H,4-5,7-9,11-12H2. The maximum atomic E-state index is 8.48. The topological polar surface area (TPSA) is 54.3 Å². The molecule has 2 rings (SSSR count). The van der Waals surface area contributed by atoms with E-state index < -0.39 is 0 Å². The van der Waals surface area contributed by atoms with Crippen LogP contribution in [-0.4, -0.2) is 26.4 Å². The van der Waals surface area contributed by atoms with Gasteiger partial charge in [0.15, 0.2) is 6.61 Å². The van der Waals surface area contributed by atoms with Gasteiger partial charge < -0.3 is 14.8 Å². The Balaban J connectivity index is 1.68. The van der Waals surface area contributed by atoms with Crippen molar-refractivity contribution in [2.45, 2.75) is 19.4 Å². The van der Waals surface area contributed by atoms with Gasteiger partial charge in [-0.3, -0.25) is 0 Å². The van der Waals surface area contributed by atoms with Crippen LogP contribution in [0.15, 0.2) is 24.3 Å². The van der Waals surface area contributed by atoms with Gasteiger partial charge in [-0.2, -0.15) is 5.26 Å². The largest absolute Gasteiger partial charge is 0.479 e. The van der Waals surface area contributed by atoms with Gasteiger partial charge in [-0.1, -0.05) is 12.1 Å². The highest BCUT2D eigenvalue weighted by molar-refractivity contribution is 5.28. The predicted octanol–water partition coefficient (Wildman–Crippen LogP) is 2.11. The molecule has 0 aliphatic carbocycles. The van der Waals surface area contributed by atoms with E-state index in [4.69, 9.17) is 14.7 Å². The summed E-state index contributed by atoms with van der Waals surface area (Å²) in [5, 5.41) is 11.9. The van der Waals surface area contributed by atoms with Crippen molar-refractivity contribution in [3.63, 3.8) is 0 Å². The van der Waals surface area contributed by atoms with E-state index in [0.717, 1.165) is 38.0 Å². The molecule has 1 aliphatic heterocycles. The molecule has 0 radical (unpaired) electrons. The Bertz CT molecular complexity index is 422. The van der Waals surface area contributed by atoms with Gasteiger partial charge in [0.25, 0.3) is 0 Å². The molecule has 1 heterocycles. The molecule has 0 bridgehead atoms. The smallest absolute Gasteiger partial charge is 0.174 e. The van der Waals surface area contributed by atoms with Crippen LogP contribution in [0.5, 0.6) is 5.75 Å². The fourth-order valence-corrected chi connectivity index (χ4v) is 2.21. The van der Waals surface area contributed by atoms with Crippen molar-refractivity contribution in [3.05, 3.63) is 29.8 Å². The SMILES string of the molecule is N#CCOc1cccc(CNCCC2CCOC2)c1. The van der Waals surface area contributed by atoms with Crippen LogP contribution in [0.25, 0.3) is 0 Å². The Morgan fingerprint density at radius 2 is 2.42 bits per heavy atom. The molecule has 0 spiro atoms. The Morgan fingerprint density at radius 3 is 3.21 bits per heavy atom. The van der Waals surface area contributed by atoms with Gasteiger partial charge in [-0.15, -0.1) is 0 Å². The van der Waals surface area contributed by atoms with Crippen LogP contribution in [0.2, 0.25) is 0 Å². The molecule has 1 unspecified atom stereocenters. The highest BCUT2D eigenvalue weighted by atomic mass is 16.5. The lowest BCUT2D eigenvalue weighted by atomic mass is 10.1. The molecule has 1 aromatic carbocycles. The molecule has 19 heavy (non-hydrogen) atoms. The fraction of sp³-hybridized carbons (Fsp3) is 0.533. The molecule has 1 atom stereocenters. The van der Waals surface area contributed by atoms with Crippen molar-refractivity contribution in [2.75, 3.05) is 26.4 Å². The molecule has 0 amide bonds. The summed E-state index contributed by atoms with van der Waals surface area (Å²) in [5.41, 5.74) is 1.18. The minimum absolute atomic E-state index is 0.0958. The Kier molecular flexibility index (Phi) is 5.67. The van der Waals surface area contributed by atoms with Crippen LogP contribution < -0.4 is 10.1 Å². The molecular weight excluding hydrogens is 240 g/mol.